The summed E-state index contributed by atoms with van der Waals surface area (Å²) in [4.78, 5) is 41.2. The maximum absolute atomic E-state index is 13.3. The molecule has 2 aromatic carbocycles. The molecule has 8 nitrogen and oxygen atoms in total. The van der Waals surface area contributed by atoms with Gasteiger partial charge < -0.3 is 10.1 Å². The quantitative estimate of drug-likeness (QED) is 0.492. The molecule has 3 amide bonds. The Morgan fingerprint density at radius 3 is 2.69 bits per heavy atom. The Balaban J connectivity index is 2.12. The largest absolute Gasteiger partial charge is 0.495 e. The van der Waals surface area contributed by atoms with Crippen LogP contribution in [0.3, 0.4) is 0 Å². The summed E-state index contributed by atoms with van der Waals surface area (Å²) in [5, 5.41) is 5.29. The second-order valence-corrected chi connectivity index (χ2v) is 7.09. The van der Waals surface area contributed by atoms with Crippen molar-refractivity contribution >= 4 is 34.6 Å². The highest BCUT2D eigenvalue weighted by molar-refractivity contribution is 7.99. The smallest absolute Gasteiger partial charge is 0.321 e. The lowest BCUT2D eigenvalue weighted by Crippen LogP contribution is -2.38. The van der Waals surface area contributed by atoms with Crippen molar-refractivity contribution in [3.8, 4) is 11.4 Å². The van der Waals surface area contributed by atoms with Gasteiger partial charge in [0.25, 0.3) is 5.56 Å². The molecular formula is C20H20N4O4S. The predicted molar refractivity (Wildman–Crippen MR) is 112 cm³/mol. The molecule has 0 aliphatic rings. The van der Waals surface area contributed by atoms with Crippen LogP contribution in [0, 0.1) is 6.92 Å². The number of carbonyl (C=O) groups excluding carboxylic acids is 2. The van der Waals surface area contributed by atoms with Gasteiger partial charge in [-0.25, -0.2) is 9.78 Å². The lowest BCUT2D eigenvalue weighted by molar-refractivity contribution is -0.117. The van der Waals surface area contributed by atoms with Crippen LogP contribution in [0.4, 0.5) is 4.79 Å². The standard InChI is InChI=1S/C20H20N4O4S/c1-12-8-9-16(28-3)15(10-12)24-18(26)13-6-4-5-7-14(13)22-20(24)29-11-17(25)23-19(27)21-2/h4-10H,11H2,1-3H3,(H2,21,23,25,27). The number of urea groups is 1. The van der Waals surface area contributed by atoms with Gasteiger partial charge >= 0.3 is 6.03 Å². The van der Waals surface area contributed by atoms with E-state index in [4.69, 9.17) is 4.74 Å². The van der Waals surface area contributed by atoms with Gasteiger partial charge in [-0.15, -0.1) is 0 Å². The van der Waals surface area contributed by atoms with Crippen LogP contribution < -0.4 is 20.9 Å². The highest BCUT2D eigenvalue weighted by atomic mass is 32.2. The van der Waals surface area contributed by atoms with Crippen LogP contribution in [0.2, 0.25) is 0 Å². The Hall–Kier alpha value is -3.33. The maximum atomic E-state index is 13.3. The van der Waals surface area contributed by atoms with Crippen LogP contribution in [-0.2, 0) is 4.79 Å². The fourth-order valence-electron chi connectivity index (χ4n) is 2.75. The van der Waals surface area contributed by atoms with Crippen molar-refractivity contribution < 1.29 is 14.3 Å². The number of benzene rings is 2. The number of imide groups is 1. The lowest BCUT2D eigenvalue weighted by atomic mass is 10.2. The number of ether oxygens (including phenoxy) is 1. The third-order valence-electron chi connectivity index (χ3n) is 4.13. The Morgan fingerprint density at radius 2 is 1.97 bits per heavy atom. The third kappa shape index (κ3) is 4.40. The molecule has 3 rings (SSSR count). The number of hydrogen-bond donors (Lipinski definition) is 2. The summed E-state index contributed by atoms with van der Waals surface area (Å²) in [7, 11) is 2.94. The minimum atomic E-state index is -0.597. The molecule has 3 aromatic rings. The number of para-hydroxylation sites is 1. The highest BCUT2D eigenvalue weighted by Crippen LogP contribution is 2.28. The zero-order chi connectivity index (χ0) is 21.0. The van der Waals surface area contributed by atoms with E-state index in [1.807, 2.05) is 19.1 Å². The average Bonchev–Trinajstić information content (AvgIpc) is 2.72. The fraction of sp³-hybridized carbons (Fsp3) is 0.200. The van der Waals surface area contributed by atoms with Gasteiger partial charge in [-0.1, -0.05) is 30.0 Å². The monoisotopic (exact) mass is 412 g/mol. The van der Waals surface area contributed by atoms with Crippen LogP contribution in [0.1, 0.15) is 5.56 Å². The average molecular weight is 412 g/mol. The topological polar surface area (TPSA) is 102 Å². The summed E-state index contributed by atoms with van der Waals surface area (Å²) in [6.07, 6.45) is 0. The number of hydrogen-bond acceptors (Lipinski definition) is 6. The van der Waals surface area contributed by atoms with Gasteiger partial charge in [0.05, 0.1) is 29.5 Å². The van der Waals surface area contributed by atoms with Gasteiger partial charge in [-0.3, -0.25) is 19.5 Å². The van der Waals surface area contributed by atoms with Crippen LogP contribution in [0.25, 0.3) is 16.6 Å². The molecular weight excluding hydrogens is 392 g/mol. The van der Waals surface area contributed by atoms with Gasteiger partial charge in [-0.05, 0) is 36.8 Å². The Labute approximate surface area is 171 Å². The molecule has 1 heterocycles. The highest BCUT2D eigenvalue weighted by Gasteiger charge is 2.18. The summed E-state index contributed by atoms with van der Waals surface area (Å²) >= 11 is 1.06. The van der Waals surface area contributed by atoms with Crippen molar-refractivity contribution in [3.05, 3.63) is 58.4 Å². The number of thioether (sulfide) groups is 1. The van der Waals surface area contributed by atoms with E-state index in [0.717, 1.165) is 17.3 Å². The van der Waals surface area contributed by atoms with Gasteiger partial charge in [0.1, 0.15) is 5.75 Å². The molecule has 2 N–H and O–H groups in total. The first-order chi connectivity index (χ1) is 13.9. The second-order valence-electron chi connectivity index (χ2n) is 6.14. The third-order valence-corrected chi connectivity index (χ3v) is 5.07. The Kier molecular flexibility index (Phi) is 6.18. The summed E-state index contributed by atoms with van der Waals surface area (Å²) in [5.74, 6) is -0.0854. The number of amides is 3. The number of aryl methyl sites for hydroxylation is 1. The molecule has 0 saturated carbocycles. The summed E-state index contributed by atoms with van der Waals surface area (Å²) in [6.45, 7) is 1.91. The number of methoxy groups -OCH3 is 1. The van der Waals surface area contributed by atoms with E-state index in [-0.39, 0.29) is 11.3 Å². The van der Waals surface area contributed by atoms with E-state index < -0.39 is 11.9 Å². The van der Waals surface area contributed by atoms with E-state index >= 15 is 0 Å². The SMILES string of the molecule is CNC(=O)NC(=O)CSc1nc2ccccc2c(=O)n1-c1cc(C)ccc1OC. The molecule has 150 valence electrons. The number of aromatic nitrogens is 2. The van der Waals surface area contributed by atoms with E-state index in [0.29, 0.717) is 27.5 Å². The van der Waals surface area contributed by atoms with Crippen LogP contribution in [-0.4, -0.2) is 41.4 Å². The van der Waals surface area contributed by atoms with Crippen molar-refractivity contribution in [2.45, 2.75) is 12.1 Å². The molecule has 0 unspecified atom stereocenters. The first kappa shape index (κ1) is 20.4. The first-order valence-corrected chi connectivity index (χ1v) is 9.74. The predicted octanol–water partition coefficient (Wildman–Crippen LogP) is 2.25. The lowest BCUT2D eigenvalue weighted by Gasteiger charge is -2.16. The van der Waals surface area contributed by atoms with E-state index in [2.05, 4.69) is 15.6 Å². The molecule has 0 atom stereocenters. The van der Waals surface area contributed by atoms with Crippen molar-refractivity contribution in [3.63, 3.8) is 0 Å². The van der Waals surface area contributed by atoms with Gasteiger partial charge in [0.15, 0.2) is 5.16 Å². The molecule has 0 bridgehead atoms. The molecule has 0 fully saturated rings. The zero-order valence-corrected chi connectivity index (χ0v) is 17.0. The van der Waals surface area contributed by atoms with Crippen LogP contribution >= 0.6 is 11.8 Å². The molecule has 0 spiro atoms. The minimum absolute atomic E-state index is 0.0909. The van der Waals surface area contributed by atoms with Crippen LogP contribution in [0.15, 0.2) is 52.4 Å². The van der Waals surface area contributed by atoms with Crippen LogP contribution in [0.5, 0.6) is 5.75 Å². The number of fused-ring (bicyclic) bond motifs is 1. The molecule has 9 heteroatoms. The maximum Gasteiger partial charge on any atom is 0.321 e. The molecule has 0 saturated heterocycles. The zero-order valence-electron chi connectivity index (χ0n) is 16.2. The first-order valence-electron chi connectivity index (χ1n) is 8.75. The van der Waals surface area contributed by atoms with Gasteiger partial charge in [0.2, 0.25) is 5.91 Å². The summed E-state index contributed by atoms with van der Waals surface area (Å²) in [6, 6.07) is 11.9. The van der Waals surface area contributed by atoms with Gasteiger partial charge in [-0.2, -0.15) is 0 Å². The number of rotatable bonds is 5. The summed E-state index contributed by atoms with van der Waals surface area (Å²) in [5.41, 5.74) is 1.72. The number of nitrogens with one attached hydrogen (secondary N) is 2. The summed E-state index contributed by atoms with van der Waals surface area (Å²) < 4.78 is 6.88. The number of carbonyl (C=O) groups is 2. The molecule has 0 radical (unpaired) electrons. The van der Waals surface area contributed by atoms with Crippen molar-refractivity contribution in [2.75, 3.05) is 19.9 Å². The minimum Gasteiger partial charge on any atom is -0.495 e. The molecule has 0 aliphatic carbocycles. The number of nitrogens with zero attached hydrogens (tertiary/aromatic N) is 2. The molecule has 29 heavy (non-hydrogen) atoms. The van der Waals surface area contributed by atoms with E-state index in [9.17, 15) is 14.4 Å². The molecule has 1 aromatic heterocycles. The van der Waals surface area contributed by atoms with E-state index in [1.165, 1.54) is 18.7 Å². The van der Waals surface area contributed by atoms with Crippen molar-refractivity contribution in [1.82, 2.24) is 20.2 Å². The Morgan fingerprint density at radius 1 is 1.21 bits per heavy atom. The second kappa shape index (κ2) is 8.78. The normalized spacial score (nSPS) is 10.6. The van der Waals surface area contributed by atoms with Gasteiger partial charge in [0, 0.05) is 7.05 Å². The fourth-order valence-corrected chi connectivity index (χ4v) is 3.56. The van der Waals surface area contributed by atoms with E-state index in [1.54, 1.807) is 30.3 Å². The van der Waals surface area contributed by atoms with Crippen molar-refractivity contribution in [2.24, 2.45) is 0 Å². The van der Waals surface area contributed by atoms with Crippen molar-refractivity contribution in [1.29, 1.82) is 0 Å². The Bertz CT molecular complexity index is 1140. The molecule has 0 aliphatic heterocycles.